The van der Waals surface area contributed by atoms with Gasteiger partial charge in [0.2, 0.25) is 0 Å². The maximum absolute atomic E-state index is 14.2. The van der Waals surface area contributed by atoms with E-state index >= 15 is 0 Å². The number of aliphatic imine (C=N–C) groups is 1. The molecule has 22 heavy (non-hydrogen) atoms. The predicted molar refractivity (Wildman–Crippen MR) is 74.6 cm³/mol. The predicted octanol–water partition coefficient (Wildman–Crippen LogP) is 0.657. The number of hydroxylamine groups is 1. The van der Waals surface area contributed by atoms with Crippen LogP contribution in [0.3, 0.4) is 0 Å². The average molecular weight is 314 g/mol. The minimum atomic E-state index is -0.836. The van der Waals surface area contributed by atoms with Crippen LogP contribution in [0.4, 0.5) is 13.6 Å². The number of benzene rings is 1. The quantitative estimate of drug-likeness (QED) is 0.711. The fourth-order valence-electron chi connectivity index (χ4n) is 2.40. The van der Waals surface area contributed by atoms with Gasteiger partial charge in [0.15, 0.2) is 0 Å². The molecule has 1 aliphatic rings. The molecule has 4 N–H and O–H groups in total. The highest BCUT2D eigenvalue weighted by Gasteiger charge is 2.37. The van der Waals surface area contributed by atoms with Crippen LogP contribution in [0.1, 0.15) is 11.5 Å². The number of nitrogens with two attached hydrogens (primary N) is 1. The summed E-state index contributed by atoms with van der Waals surface area (Å²) >= 11 is 0. The Bertz CT molecular complexity index is 586. The number of nitrogens with one attached hydrogen (secondary N) is 2. The van der Waals surface area contributed by atoms with E-state index in [0.717, 1.165) is 12.1 Å². The molecule has 0 aliphatic carbocycles. The fraction of sp³-hybridized carbons (Fsp3) is 0.385. The molecule has 2 rings (SSSR count). The van der Waals surface area contributed by atoms with Gasteiger partial charge in [-0.05, 0) is 0 Å². The van der Waals surface area contributed by atoms with Gasteiger partial charge in [-0.2, -0.15) is 0 Å². The summed E-state index contributed by atoms with van der Waals surface area (Å²) in [6, 6.07) is 0.481. The number of ether oxygens (including phenoxy) is 1. The van der Waals surface area contributed by atoms with Gasteiger partial charge < -0.3 is 15.8 Å². The molecule has 9 heteroatoms. The lowest BCUT2D eigenvalue weighted by Crippen LogP contribution is -2.49. The Morgan fingerprint density at radius 1 is 1.36 bits per heavy atom. The van der Waals surface area contributed by atoms with Gasteiger partial charge >= 0.3 is 6.03 Å². The molecule has 0 radical (unpaired) electrons. The molecule has 0 fully saturated rings. The number of methoxy groups -OCH3 is 1. The van der Waals surface area contributed by atoms with Crippen LogP contribution in [0.2, 0.25) is 0 Å². The third-order valence-corrected chi connectivity index (χ3v) is 3.32. The van der Waals surface area contributed by atoms with E-state index in [1.54, 1.807) is 0 Å². The molecule has 0 saturated carbocycles. The zero-order valence-corrected chi connectivity index (χ0v) is 12.0. The summed E-state index contributed by atoms with van der Waals surface area (Å²) in [6.45, 7) is 0.0663. The van der Waals surface area contributed by atoms with Crippen LogP contribution >= 0.6 is 0 Å². The molecule has 1 aliphatic heterocycles. The number of carbonyl (C=O) groups excluding carboxylic acids is 1. The van der Waals surface area contributed by atoms with Crippen molar-refractivity contribution >= 4 is 11.9 Å². The Morgan fingerprint density at radius 2 is 2.00 bits per heavy atom. The van der Waals surface area contributed by atoms with Crippen molar-refractivity contribution in [3.8, 4) is 5.75 Å². The van der Waals surface area contributed by atoms with Gasteiger partial charge in [-0.1, -0.05) is 0 Å². The van der Waals surface area contributed by atoms with Crippen LogP contribution in [-0.2, 0) is 4.84 Å². The number of amides is 2. The molecule has 1 aromatic rings. The van der Waals surface area contributed by atoms with Crippen LogP contribution in [-0.4, -0.2) is 38.7 Å². The van der Waals surface area contributed by atoms with Gasteiger partial charge in [0.25, 0.3) is 0 Å². The second kappa shape index (κ2) is 6.56. The number of rotatable bonds is 4. The largest absolute Gasteiger partial charge is 0.497 e. The summed E-state index contributed by atoms with van der Waals surface area (Å²) in [6.07, 6.45) is 0. The first-order chi connectivity index (χ1) is 10.5. The van der Waals surface area contributed by atoms with Crippen molar-refractivity contribution in [2.24, 2.45) is 10.7 Å². The Kier molecular flexibility index (Phi) is 4.76. The van der Waals surface area contributed by atoms with E-state index in [1.807, 2.05) is 0 Å². The Morgan fingerprint density at radius 3 is 2.50 bits per heavy atom. The molecular formula is C13H16F2N4O3. The minimum absolute atomic E-state index is 0.0623. The maximum atomic E-state index is 14.2. The number of hydrogen-bond acceptors (Lipinski definition) is 5. The summed E-state index contributed by atoms with van der Waals surface area (Å²) in [5, 5.41) is 2.41. The van der Waals surface area contributed by atoms with Gasteiger partial charge in [-0.15, -0.1) is 0 Å². The normalized spacial score (nSPS) is 20.5. The summed E-state index contributed by atoms with van der Waals surface area (Å²) < 4.78 is 33.2. The van der Waals surface area contributed by atoms with E-state index in [2.05, 4.69) is 15.8 Å². The van der Waals surface area contributed by atoms with Crippen molar-refractivity contribution in [3.05, 3.63) is 29.3 Å². The second-order valence-corrected chi connectivity index (χ2v) is 4.63. The highest BCUT2D eigenvalue weighted by atomic mass is 19.1. The first-order valence-corrected chi connectivity index (χ1v) is 6.40. The highest BCUT2D eigenvalue weighted by Crippen LogP contribution is 2.32. The molecule has 0 bridgehead atoms. The molecule has 1 heterocycles. The van der Waals surface area contributed by atoms with Gasteiger partial charge in [0.05, 0.1) is 26.8 Å². The first-order valence-electron chi connectivity index (χ1n) is 6.40. The third kappa shape index (κ3) is 3.08. The van der Waals surface area contributed by atoms with Crippen LogP contribution in [0.15, 0.2) is 17.1 Å². The van der Waals surface area contributed by atoms with Crippen molar-refractivity contribution in [2.45, 2.75) is 12.0 Å². The van der Waals surface area contributed by atoms with E-state index in [4.69, 9.17) is 15.3 Å². The Labute approximate surface area is 125 Å². The molecule has 120 valence electrons. The van der Waals surface area contributed by atoms with Gasteiger partial charge in [0.1, 0.15) is 23.2 Å². The highest BCUT2D eigenvalue weighted by molar-refractivity contribution is 5.92. The molecule has 0 saturated heterocycles. The van der Waals surface area contributed by atoms with Gasteiger partial charge in [-0.3, -0.25) is 15.3 Å². The van der Waals surface area contributed by atoms with Crippen molar-refractivity contribution in [3.63, 3.8) is 0 Å². The van der Waals surface area contributed by atoms with E-state index in [-0.39, 0.29) is 23.7 Å². The lowest BCUT2D eigenvalue weighted by molar-refractivity contribution is 0.141. The van der Waals surface area contributed by atoms with Crippen molar-refractivity contribution in [1.29, 1.82) is 0 Å². The van der Waals surface area contributed by atoms with Crippen molar-refractivity contribution in [2.75, 3.05) is 20.8 Å². The number of halogens is 2. The standard InChI is InChI=1S/C13H16F2N4O3/c1-21-6-3-8(14)10(9(15)4-6)7-5-17-12(19-22-2)11(7)18-13(16)20/h3-4,7,11H,5H2,1-2H3,(H,17,19)(H3,16,18,20)/t7-,11-/m0/s1. The topological polar surface area (TPSA) is 98.0 Å². The van der Waals surface area contributed by atoms with E-state index in [1.165, 1.54) is 14.2 Å². The molecule has 2 amide bonds. The Hall–Kier alpha value is -2.42. The number of nitrogens with zero attached hydrogens (tertiary/aromatic N) is 1. The van der Waals surface area contributed by atoms with Crippen molar-refractivity contribution in [1.82, 2.24) is 10.8 Å². The summed E-state index contributed by atoms with van der Waals surface area (Å²) in [5.74, 6) is -2.02. The lowest BCUT2D eigenvalue weighted by atomic mass is 9.92. The fourth-order valence-corrected chi connectivity index (χ4v) is 2.40. The Balaban J connectivity index is 2.37. The molecule has 2 atom stereocenters. The number of urea groups is 1. The minimum Gasteiger partial charge on any atom is -0.497 e. The first kappa shape index (κ1) is 16.0. The molecule has 0 unspecified atom stereocenters. The number of amidine groups is 1. The van der Waals surface area contributed by atoms with Gasteiger partial charge in [-0.25, -0.2) is 13.6 Å². The van der Waals surface area contributed by atoms with Crippen LogP contribution in [0.5, 0.6) is 5.75 Å². The average Bonchev–Trinajstić information content (AvgIpc) is 2.81. The van der Waals surface area contributed by atoms with E-state index in [9.17, 15) is 13.6 Å². The molecule has 7 nitrogen and oxygen atoms in total. The van der Waals surface area contributed by atoms with E-state index in [0.29, 0.717) is 0 Å². The van der Waals surface area contributed by atoms with Crippen LogP contribution in [0.25, 0.3) is 0 Å². The zero-order valence-electron chi connectivity index (χ0n) is 12.0. The molecule has 1 aromatic carbocycles. The summed E-state index contributed by atoms with van der Waals surface area (Å²) in [7, 11) is 2.66. The van der Waals surface area contributed by atoms with Crippen LogP contribution < -0.4 is 21.3 Å². The number of primary amides is 1. The smallest absolute Gasteiger partial charge is 0.312 e. The molecule has 0 aromatic heterocycles. The number of hydrogen-bond donors (Lipinski definition) is 3. The van der Waals surface area contributed by atoms with Crippen molar-refractivity contribution < 1.29 is 23.1 Å². The monoisotopic (exact) mass is 314 g/mol. The second-order valence-electron chi connectivity index (χ2n) is 4.63. The van der Waals surface area contributed by atoms with Gasteiger partial charge in [0, 0.05) is 23.6 Å². The maximum Gasteiger partial charge on any atom is 0.312 e. The molecular weight excluding hydrogens is 298 g/mol. The molecule has 0 spiro atoms. The number of carbonyl (C=O) groups is 1. The van der Waals surface area contributed by atoms with E-state index < -0.39 is 29.6 Å². The summed E-state index contributed by atoms with van der Waals surface area (Å²) in [5.41, 5.74) is 7.38. The third-order valence-electron chi connectivity index (χ3n) is 3.32. The lowest BCUT2D eigenvalue weighted by Gasteiger charge is -2.22. The van der Waals surface area contributed by atoms with Crippen LogP contribution in [0, 0.1) is 11.6 Å². The SMILES string of the molecule is CONC1=NC[C@@H](c2c(F)cc(OC)cc2F)[C@@H]1NC(N)=O. The zero-order chi connectivity index (χ0) is 16.3. The summed E-state index contributed by atoms with van der Waals surface area (Å²) in [4.78, 5) is 20.0.